The summed E-state index contributed by atoms with van der Waals surface area (Å²) in [6, 6.07) is 6.75. The minimum Gasteiger partial charge on any atom is -0.325 e. The molecule has 0 saturated carbocycles. The van der Waals surface area contributed by atoms with Gasteiger partial charge in [-0.3, -0.25) is 4.79 Å². The minimum absolute atomic E-state index is 0.135. The highest BCUT2D eigenvalue weighted by molar-refractivity contribution is 5.92. The summed E-state index contributed by atoms with van der Waals surface area (Å²) in [5.74, 6) is 0.135. The zero-order valence-electron chi connectivity index (χ0n) is 12.3. The average molecular weight is 261 g/mol. The first-order chi connectivity index (χ1) is 9.06. The Morgan fingerprint density at radius 2 is 2.16 bits per heavy atom. The molecule has 2 rings (SSSR count). The second-order valence-electron chi connectivity index (χ2n) is 5.85. The van der Waals surface area contributed by atoms with Gasteiger partial charge in [0, 0.05) is 5.69 Å². The van der Waals surface area contributed by atoms with Gasteiger partial charge in [-0.05, 0) is 51.7 Å². The molecule has 2 N–H and O–H groups in total. The summed E-state index contributed by atoms with van der Waals surface area (Å²) in [4.78, 5) is 13.6. The molecule has 19 heavy (non-hydrogen) atoms. The normalized spacial score (nSPS) is 23.1. The Labute approximate surface area is 116 Å². The van der Waals surface area contributed by atoms with Crippen LogP contribution in [0.2, 0.25) is 0 Å². The van der Waals surface area contributed by atoms with E-state index in [0.717, 1.165) is 17.8 Å². The molecule has 1 aliphatic rings. The summed E-state index contributed by atoms with van der Waals surface area (Å²) in [5, 5.41) is 3.05. The van der Waals surface area contributed by atoms with E-state index in [-0.39, 0.29) is 5.91 Å². The van der Waals surface area contributed by atoms with E-state index >= 15 is 0 Å². The Bertz CT molecular complexity index is 456. The summed E-state index contributed by atoms with van der Waals surface area (Å²) in [7, 11) is 0. The number of quaternary nitrogens is 1. The van der Waals surface area contributed by atoms with Gasteiger partial charge in [-0.25, -0.2) is 0 Å². The molecule has 2 atom stereocenters. The highest BCUT2D eigenvalue weighted by Gasteiger charge is 2.24. The molecule has 3 heteroatoms. The summed E-state index contributed by atoms with van der Waals surface area (Å²) >= 11 is 0. The van der Waals surface area contributed by atoms with E-state index in [1.165, 1.54) is 29.7 Å². The number of rotatable bonds is 3. The summed E-state index contributed by atoms with van der Waals surface area (Å²) in [6.45, 7) is 8.08. The average Bonchev–Trinajstić information content (AvgIpc) is 2.36. The molecule has 1 fully saturated rings. The van der Waals surface area contributed by atoms with Gasteiger partial charge in [-0.1, -0.05) is 17.7 Å². The maximum absolute atomic E-state index is 12.1. The number of amides is 1. The van der Waals surface area contributed by atoms with Crippen LogP contribution in [0.3, 0.4) is 0 Å². The Morgan fingerprint density at radius 3 is 2.84 bits per heavy atom. The van der Waals surface area contributed by atoms with Crippen LogP contribution in [-0.4, -0.2) is 25.0 Å². The molecule has 104 valence electrons. The molecule has 0 radical (unpaired) electrons. The van der Waals surface area contributed by atoms with Crippen LogP contribution in [0.25, 0.3) is 0 Å². The minimum atomic E-state index is 0.135. The fourth-order valence-corrected chi connectivity index (χ4v) is 2.87. The van der Waals surface area contributed by atoms with Crippen LogP contribution in [0.4, 0.5) is 5.69 Å². The van der Waals surface area contributed by atoms with Crippen molar-refractivity contribution in [2.24, 2.45) is 0 Å². The maximum Gasteiger partial charge on any atom is 0.279 e. The molecule has 1 unspecified atom stereocenters. The lowest BCUT2D eigenvalue weighted by Gasteiger charge is -2.29. The number of carbonyl (C=O) groups is 1. The smallest absolute Gasteiger partial charge is 0.279 e. The predicted molar refractivity (Wildman–Crippen MR) is 78.6 cm³/mol. The summed E-state index contributed by atoms with van der Waals surface area (Å²) in [6.07, 6.45) is 3.80. The number of aryl methyl sites for hydroxylation is 2. The van der Waals surface area contributed by atoms with Gasteiger partial charge >= 0.3 is 0 Å². The van der Waals surface area contributed by atoms with Gasteiger partial charge < -0.3 is 10.2 Å². The van der Waals surface area contributed by atoms with Crippen LogP contribution >= 0.6 is 0 Å². The lowest BCUT2D eigenvalue weighted by atomic mass is 10.0. The Hall–Kier alpha value is -1.35. The molecular formula is C16H25N2O+. The SMILES string of the molecule is Cc1ccc(NC(=O)C[NH+]2CCCC[C@H]2C)c(C)c1. The van der Waals surface area contributed by atoms with Crippen molar-refractivity contribution in [3.63, 3.8) is 0 Å². The van der Waals surface area contributed by atoms with Gasteiger partial charge in [0.25, 0.3) is 5.91 Å². The predicted octanol–water partition coefficient (Wildman–Crippen LogP) is 1.70. The molecule has 1 aromatic carbocycles. The number of benzene rings is 1. The first kappa shape index (κ1) is 14.1. The van der Waals surface area contributed by atoms with Gasteiger partial charge in [0.2, 0.25) is 0 Å². The van der Waals surface area contributed by atoms with E-state index in [1.807, 2.05) is 19.1 Å². The van der Waals surface area contributed by atoms with Gasteiger partial charge in [0.15, 0.2) is 6.54 Å². The quantitative estimate of drug-likeness (QED) is 0.853. The van der Waals surface area contributed by atoms with Crippen molar-refractivity contribution in [2.75, 3.05) is 18.4 Å². The zero-order valence-corrected chi connectivity index (χ0v) is 12.3. The lowest BCUT2D eigenvalue weighted by molar-refractivity contribution is -0.920. The van der Waals surface area contributed by atoms with Crippen molar-refractivity contribution < 1.29 is 9.69 Å². The maximum atomic E-state index is 12.1. The van der Waals surface area contributed by atoms with Gasteiger partial charge in [0.1, 0.15) is 0 Å². The lowest BCUT2D eigenvalue weighted by Crippen LogP contribution is -3.17. The second kappa shape index (κ2) is 6.20. The molecule has 3 nitrogen and oxygen atoms in total. The van der Waals surface area contributed by atoms with Gasteiger partial charge in [0.05, 0.1) is 12.6 Å². The number of piperidine rings is 1. The molecule has 0 spiro atoms. The van der Waals surface area contributed by atoms with Crippen molar-refractivity contribution in [3.05, 3.63) is 29.3 Å². The molecule has 1 saturated heterocycles. The summed E-state index contributed by atoms with van der Waals surface area (Å²) in [5.41, 5.74) is 3.31. The van der Waals surface area contributed by atoms with Gasteiger partial charge in [-0.2, -0.15) is 0 Å². The van der Waals surface area contributed by atoms with Crippen LogP contribution in [-0.2, 0) is 4.79 Å². The Balaban J connectivity index is 1.93. The third kappa shape index (κ3) is 3.80. The number of anilines is 1. The molecular weight excluding hydrogens is 236 g/mol. The van der Waals surface area contributed by atoms with Crippen molar-refractivity contribution in [1.29, 1.82) is 0 Å². The van der Waals surface area contributed by atoms with Crippen LogP contribution in [0.5, 0.6) is 0 Å². The largest absolute Gasteiger partial charge is 0.325 e. The molecule has 0 aromatic heterocycles. The Morgan fingerprint density at radius 1 is 1.37 bits per heavy atom. The fourth-order valence-electron chi connectivity index (χ4n) is 2.87. The molecule has 1 aliphatic heterocycles. The molecule has 1 heterocycles. The number of likely N-dealkylation sites (tertiary alicyclic amines) is 1. The van der Waals surface area contributed by atoms with Crippen LogP contribution in [0, 0.1) is 13.8 Å². The highest BCUT2D eigenvalue weighted by atomic mass is 16.2. The molecule has 0 bridgehead atoms. The first-order valence-corrected chi connectivity index (χ1v) is 7.28. The van der Waals surface area contributed by atoms with E-state index in [1.54, 1.807) is 0 Å². The summed E-state index contributed by atoms with van der Waals surface area (Å²) < 4.78 is 0. The van der Waals surface area contributed by atoms with Crippen LogP contribution in [0.15, 0.2) is 18.2 Å². The number of hydrogen-bond donors (Lipinski definition) is 2. The number of nitrogens with one attached hydrogen (secondary N) is 2. The highest BCUT2D eigenvalue weighted by Crippen LogP contribution is 2.15. The van der Waals surface area contributed by atoms with Crippen molar-refractivity contribution in [3.8, 4) is 0 Å². The van der Waals surface area contributed by atoms with E-state index in [2.05, 4.69) is 25.2 Å². The van der Waals surface area contributed by atoms with E-state index in [0.29, 0.717) is 12.6 Å². The van der Waals surface area contributed by atoms with E-state index in [4.69, 9.17) is 0 Å². The topological polar surface area (TPSA) is 33.5 Å². The standard InChI is InChI=1S/C16H24N2O/c1-12-7-8-15(13(2)10-12)17-16(19)11-18-9-5-4-6-14(18)3/h7-8,10,14H,4-6,9,11H2,1-3H3,(H,17,19)/p+1/t14-/m1/s1. The molecule has 1 amide bonds. The van der Waals surface area contributed by atoms with Crippen LogP contribution < -0.4 is 10.2 Å². The first-order valence-electron chi connectivity index (χ1n) is 7.28. The molecule has 1 aromatic rings. The number of hydrogen-bond acceptors (Lipinski definition) is 1. The third-order valence-electron chi connectivity index (χ3n) is 4.13. The second-order valence-corrected chi connectivity index (χ2v) is 5.85. The van der Waals surface area contributed by atoms with Crippen molar-refractivity contribution in [2.45, 2.75) is 46.1 Å². The van der Waals surface area contributed by atoms with Crippen LogP contribution in [0.1, 0.15) is 37.3 Å². The monoisotopic (exact) mass is 261 g/mol. The molecule has 0 aliphatic carbocycles. The van der Waals surface area contributed by atoms with E-state index < -0.39 is 0 Å². The zero-order chi connectivity index (χ0) is 13.8. The number of carbonyl (C=O) groups excluding carboxylic acids is 1. The third-order valence-corrected chi connectivity index (χ3v) is 4.13. The Kier molecular flexibility index (Phi) is 4.59. The van der Waals surface area contributed by atoms with Gasteiger partial charge in [-0.15, -0.1) is 0 Å². The van der Waals surface area contributed by atoms with E-state index in [9.17, 15) is 4.79 Å². The van der Waals surface area contributed by atoms with Crippen molar-refractivity contribution >= 4 is 11.6 Å². The van der Waals surface area contributed by atoms with Crippen molar-refractivity contribution in [1.82, 2.24) is 0 Å². The fraction of sp³-hybridized carbons (Fsp3) is 0.562.